The maximum Gasteiger partial charge on any atom is 0.319 e. The van der Waals surface area contributed by atoms with Crippen LogP contribution in [0.1, 0.15) is 39.6 Å². The number of aromatic nitrogens is 2. The molecule has 27 heavy (non-hydrogen) atoms. The Morgan fingerprint density at radius 3 is 2.59 bits per heavy atom. The lowest BCUT2D eigenvalue weighted by Crippen LogP contribution is -2.76. The second kappa shape index (κ2) is 7.44. The maximum absolute atomic E-state index is 13.0. The number of halogens is 2. The van der Waals surface area contributed by atoms with E-state index in [-0.39, 0.29) is 12.0 Å². The number of carbonyl (C=O) groups is 1. The summed E-state index contributed by atoms with van der Waals surface area (Å²) in [4.78, 5) is 20.9. The van der Waals surface area contributed by atoms with Crippen LogP contribution in [0, 0.1) is 5.41 Å². The maximum atomic E-state index is 13.0. The number of alkyl halides is 2. The highest BCUT2D eigenvalue weighted by Crippen LogP contribution is 2.50. The van der Waals surface area contributed by atoms with Gasteiger partial charge >= 0.3 is 6.55 Å². The number of ether oxygens (including phenoxy) is 1. The topological polar surface area (TPSA) is 76.6 Å². The van der Waals surface area contributed by atoms with Crippen molar-refractivity contribution in [3.05, 3.63) is 18.2 Å². The smallest absolute Gasteiger partial charge is 0.319 e. The number of piperazine rings is 1. The normalized spacial score (nSPS) is 28.4. The number of amides is 1. The summed E-state index contributed by atoms with van der Waals surface area (Å²) in [6, 6.07) is 0. The van der Waals surface area contributed by atoms with Gasteiger partial charge in [0.15, 0.2) is 0 Å². The summed E-state index contributed by atoms with van der Waals surface area (Å²) in [6.07, 6.45) is 3.18. The van der Waals surface area contributed by atoms with Gasteiger partial charge < -0.3 is 15.4 Å². The Morgan fingerprint density at radius 2 is 2.04 bits per heavy atom. The minimum absolute atomic E-state index is 0.00838. The molecule has 1 aliphatic carbocycles. The quantitative estimate of drug-likeness (QED) is 0.802. The van der Waals surface area contributed by atoms with Crippen LogP contribution in [-0.4, -0.2) is 69.7 Å². The summed E-state index contributed by atoms with van der Waals surface area (Å²) in [5.74, 6) is 0.289. The molecule has 1 saturated heterocycles. The van der Waals surface area contributed by atoms with Crippen molar-refractivity contribution < 1.29 is 18.3 Å². The van der Waals surface area contributed by atoms with E-state index in [1.54, 1.807) is 4.90 Å². The predicted molar refractivity (Wildman–Crippen MR) is 96.1 cm³/mol. The van der Waals surface area contributed by atoms with E-state index < -0.39 is 17.5 Å². The van der Waals surface area contributed by atoms with E-state index in [9.17, 15) is 13.6 Å². The largest absolute Gasteiger partial charge is 0.378 e. The molecule has 0 aromatic carbocycles. The van der Waals surface area contributed by atoms with Gasteiger partial charge in [-0.1, -0.05) is 13.8 Å². The Bertz CT molecular complexity index is 672. The Morgan fingerprint density at radius 1 is 1.37 bits per heavy atom. The molecule has 2 atom stereocenters. The number of nitrogens with zero attached hydrogens (tertiary/aromatic N) is 4. The summed E-state index contributed by atoms with van der Waals surface area (Å²) in [7, 11) is 0. The van der Waals surface area contributed by atoms with Crippen LogP contribution < -0.4 is 5.73 Å². The molecule has 1 aromatic rings. The number of hydrogen-bond acceptors (Lipinski definition) is 5. The summed E-state index contributed by atoms with van der Waals surface area (Å²) >= 11 is 0. The van der Waals surface area contributed by atoms with Gasteiger partial charge in [0.05, 0.1) is 12.6 Å². The van der Waals surface area contributed by atoms with Crippen LogP contribution >= 0.6 is 0 Å². The van der Waals surface area contributed by atoms with Crippen molar-refractivity contribution in [2.24, 2.45) is 11.1 Å². The molecule has 2 unspecified atom stereocenters. The highest BCUT2D eigenvalue weighted by molar-refractivity contribution is 5.89. The molecule has 1 aliphatic heterocycles. The molecule has 2 aliphatic rings. The highest BCUT2D eigenvalue weighted by Gasteiger charge is 2.63. The molecule has 2 heterocycles. The van der Waals surface area contributed by atoms with Gasteiger partial charge in [-0.2, -0.15) is 8.78 Å². The van der Waals surface area contributed by atoms with E-state index >= 15 is 0 Å². The van der Waals surface area contributed by atoms with Gasteiger partial charge in [0.2, 0.25) is 5.91 Å². The Labute approximate surface area is 158 Å². The predicted octanol–water partition coefficient (Wildman–Crippen LogP) is 1.45. The number of nitrogens with two attached hydrogens (primary N) is 1. The summed E-state index contributed by atoms with van der Waals surface area (Å²) in [5, 5.41) is 0. The molecule has 7 nitrogen and oxygen atoms in total. The third-order valence-electron chi connectivity index (χ3n) is 6.20. The zero-order valence-electron chi connectivity index (χ0n) is 16.2. The lowest BCUT2D eigenvalue weighted by atomic mass is 9.54. The second-order valence-corrected chi connectivity index (χ2v) is 7.94. The summed E-state index contributed by atoms with van der Waals surface area (Å²) < 4.78 is 32.5. The van der Waals surface area contributed by atoms with Gasteiger partial charge in [0.25, 0.3) is 0 Å². The molecular formula is C18H29F2N5O2. The van der Waals surface area contributed by atoms with Gasteiger partial charge in [-0.3, -0.25) is 14.3 Å². The monoisotopic (exact) mass is 385 g/mol. The third-order valence-corrected chi connectivity index (χ3v) is 6.20. The van der Waals surface area contributed by atoms with E-state index in [2.05, 4.69) is 4.98 Å². The molecule has 0 spiro atoms. The fourth-order valence-corrected chi connectivity index (χ4v) is 4.03. The first-order chi connectivity index (χ1) is 12.7. The lowest BCUT2D eigenvalue weighted by molar-refractivity contribution is -0.180. The first-order valence-electron chi connectivity index (χ1n) is 9.42. The molecule has 0 radical (unpaired) electrons. The van der Waals surface area contributed by atoms with Crippen LogP contribution in [-0.2, 0) is 16.1 Å². The lowest BCUT2D eigenvalue weighted by Gasteiger charge is -2.59. The molecule has 152 valence electrons. The average Bonchev–Trinajstić information content (AvgIpc) is 3.10. The molecule has 1 saturated carbocycles. The van der Waals surface area contributed by atoms with Gasteiger partial charge in [0, 0.05) is 57.0 Å². The van der Waals surface area contributed by atoms with Crippen LogP contribution in [0.25, 0.3) is 0 Å². The van der Waals surface area contributed by atoms with Crippen molar-refractivity contribution in [2.45, 2.75) is 51.9 Å². The van der Waals surface area contributed by atoms with E-state index in [4.69, 9.17) is 10.5 Å². The minimum Gasteiger partial charge on any atom is -0.378 e. The molecule has 1 amide bonds. The van der Waals surface area contributed by atoms with Crippen LogP contribution in [0.3, 0.4) is 0 Å². The summed E-state index contributed by atoms with van der Waals surface area (Å²) in [6.45, 7) is 6.51. The molecular weight excluding hydrogens is 356 g/mol. The standard InChI is InChI=1S/C18H29F2N5O2/c1-4-27-13-11-18(21,17(13,2)3)15(26)24-9-7-23(8-10-24)12-14-22-5-6-25(14)16(19)20/h5-6,13,16H,4,7-12,21H2,1-3H3. The number of imidazole rings is 1. The van der Waals surface area contributed by atoms with E-state index in [1.807, 2.05) is 25.7 Å². The Kier molecular flexibility index (Phi) is 5.56. The minimum atomic E-state index is -2.60. The fraction of sp³-hybridized carbons (Fsp3) is 0.778. The van der Waals surface area contributed by atoms with E-state index in [0.717, 1.165) is 4.57 Å². The Balaban J connectivity index is 1.56. The summed E-state index contributed by atoms with van der Waals surface area (Å²) in [5.41, 5.74) is 5.16. The first-order valence-corrected chi connectivity index (χ1v) is 9.42. The van der Waals surface area contributed by atoms with Gasteiger partial charge in [-0.25, -0.2) is 4.98 Å². The molecule has 0 bridgehead atoms. The number of carbonyl (C=O) groups excluding carboxylic acids is 1. The zero-order chi connectivity index (χ0) is 19.8. The van der Waals surface area contributed by atoms with E-state index in [0.29, 0.717) is 51.6 Å². The third kappa shape index (κ3) is 3.48. The van der Waals surface area contributed by atoms with Crippen LogP contribution in [0.2, 0.25) is 0 Å². The Hall–Kier alpha value is -1.58. The van der Waals surface area contributed by atoms with Crippen molar-refractivity contribution in [2.75, 3.05) is 32.8 Å². The molecule has 9 heteroatoms. The van der Waals surface area contributed by atoms with Crippen molar-refractivity contribution in [3.63, 3.8) is 0 Å². The van der Waals surface area contributed by atoms with Crippen molar-refractivity contribution in [1.82, 2.24) is 19.4 Å². The number of rotatable bonds is 6. The fourth-order valence-electron chi connectivity index (χ4n) is 4.03. The van der Waals surface area contributed by atoms with Crippen LogP contribution in [0.15, 0.2) is 12.4 Å². The molecule has 1 aromatic heterocycles. The zero-order valence-corrected chi connectivity index (χ0v) is 16.2. The molecule has 2 N–H and O–H groups in total. The first kappa shape index (κ1) is 20.2. The SMILES string of the molecule is CCOC1CC(N)(C(=O)N2CCN(Cc3nccn3C(F)F)CC2)C1(C)C. The van der Waals surface area contributed by atoms with Crippen molar-refractivity contribution >= 4 is 5.91 Å². The number of hydrogen-bond donors (Lipinski definition) is 1. The van der Waals surface area contributed by atoms with E-state index in [1.165, 1.54) is 12.4 Å². The van der Waals surface area contributed by atoms with Gasteiger partial charge in [-0.15, -0.1) is 0 Å². The van der Waals surface area contributed by atoms with Gasteiger partial charge in [-0.05, 0) is 6.92 Å². The molecule has 3 rings (SSSR count). The van der Waals surface area contributed by atoms with Crippen LogP contribution in [0.4, 0.5) is 8.78 Å². The molecule has 2 fully saturated rings. The average molecular weight is 385 g/mol. The van der Waals surface area contributed by atoms with Crippen molar-refractivity contribution in [1.29, 1.82) is 0 Å². The van der Waals surface area contributed by atoms with Crippen molar-refractivity contribution in [3.8, 4) is 0 Å². The van der Waals surface area contributed by atoms with Crippen LogP contribution in [0.5, 0.6) is 0 Å². The second-order valence-electron chi connectivity index (χ2n) is 7.94. The van der Waals surface area contributed by atoms with Gasteiger partial charge in [0.1, 0.15) is 11.4 Å². The highest BCUT2D eigenvalue weighted by atomic mass is 19.3.